The van der Waals surface area contributed by atoms with E-state index < -0.39 is 6.04 Å². The first-order valence-electron chi connectivity index (χ1n) is 5.76. The van der Waals surface area contributed by atoms with E-state index in [1.807, 2.05) is 6.08 Å². The molecule has 2 rings (SSSR count). The summed E-state index contributed by atoms with van der Waals surface area (Å²) in [5.74, 6) is -0.153. The smallest absolute Gasteiger partial charge is 0.227 e. The number of ketones is 2. The van der Waals surface area contributed by atoms with Crippen LogP contribution >= 0.6 is 0 Å². The van der Waals surface area contributed by atoms with Gasteiger partial charge in [0.1, 0.15) is 5.78 Å². The van der Waals surface area contributed by atoms with Crippen molar-refractivity contribution in [3.05, 3.63) is 24.3 Å². The molecule has 1 atom stereocenters. The SMILES string of the molecule is C=C/C=C1\CC(=O)N(C2CCC(=O)CC2=O)C1. The lowest BCUT2D eigenvalue weighted by molar-refractivity contribution is -0.141. The molecule has 0 aromatic rings. The van der Waals surface area contributed by atoms with Crippen LogP contribution in [0.3, 0.4) is 0 Å². The molecule has 1 aliphatic heterocycles. The fourth-order valence-electron chi connectivity index (χ4n) is 2.41. The van der Waals surface area contributed by atoms with Crippen molar-refractivity contribution < 1.29 is 14.4 Å². The molecule has 1 saturated heterocycles. The van der Waals surface area contributed by atoms with Crippen LogP contribution in [-0.2, 0) is 14.4 Å². The minimum Gasteiger partial charge on any atom is -0.328 e. The minimum absolute atomic E-state index is 0.0141. The summed E-state index contributed by atoms with van der Waals surface area (Å²) in [7, 11) is 0. The lowest BCUT2D eigenvalue weighted by atomic mass is 9.92. The summed E-state index contributed by atoms with van der Waals surface area (Å²) in [5, 5.41) is 0. The van der Waals surface area contributed by atoms with E-state index in [0.29, 0.717) is 25.8 Å². The van der Waals surface area contributed by atoms with Gasteiger partial charge in [-0.1, -0.05) is 18.7 Å². The second-order valence-corrected chi connectivity index (χ2v) is 4.50. The summed E-state index contributed by atoms with van der Waals surface area (Å²) in [6, 6.07) is -0.393. The van der Waals surface area contributed by atoms with Crippen molar-refractivity contribution in [3.63, 3.8) is 0 Å². The summed E-state index contributed by atoms with van der Waals surface area (Å²) in [6.07, 6.45) is 4.69. The largest absolute Gasteiger partial charge is 0.328 e. The first kappa shape index (κ1) is 11.8. The third kappa shape index (κ3) is 2.35. The van der Waals surface area contributed by atoms with Gasteiger partial charge in [0.05, 0.1) is 12.5 Å². The van der Waals surface area contributed by atoms with Gasteiger partial charge >= 0.3 is 0 Å². The Morgan fingerprint density at radius 2 is 2.00 bits per heavy atom. The summed E-state index contributed by atoms with van der Waals surface area (Å²) in [6.45, 7) is 4.09. The normalized spacial score (nSPS) is 28.0. The summed E-state index contributed by atoms with van der Waals surface area (Å²) < 4.78 is 0. The molecule has 2 fully saturated rings. The Morgan fingerprint density at radius 1 is 1.24 bits per heavy atom. The first-order valence-corrected chi connectivity index (χ1v) is 5.76. The molecular weight excluding hydrogens is 218 g/mol. The number of carbonyl (C=O) groups excluding carboxylic acids is 3. The van der Waals surface area contributed by atoms with Crippen LogP contribution in [0.25, 0.3) is 0 Å². The van der Waals surface area contributed by atoms with E-state index in [1.54, 1.807) is 11.0 Å². The Morgan fingerprint density at radius 3 is 2.65 bits per heavy atom. The number of allylic oxidation sites excluding steroid dienone is 2. The maximum atomic E-state index is 11.8. The number of hydrogen-bond donors (Lipinski definition) is 0. The Bertz CT molecular complexity index is 422. The third-order valence-corrected chi connectivity index (χ3v) is 3.24. The highest BCUT2D eigenvalue weighted by Gasteiger charge is 2.37. The number of Topliss-reactive ketones (excluding diaryl/α,β-unsaturated/α-hetero) is 2. The quantitative estimate of drug-likeness (QED) is 0.669. The first-order chi connectivity index (χ1) is 8.11. The molecule has 4 nitrogen and oxygen atoms in total. The van der Waals surface area contributed by atoms with Crippen LogP contribution in [0.1, 0.15) is 25.7 Å². The molecule has 1 heterocycles. The average molecular weight is 233 g/mol. The summed E-state index contributed by atoms with van der Waals surface area (Å²) >= 11 is 0. The van der Waals surface area contributed by atoms with Crippen molar-refractivity contribution in [2.75, 3.05) is 6.54 Å². The molecule has 0 aromatic carbocycles. The molecule has 0 bridgehead atoms. The zero-order valence-corrected chi connectivity index (χ0v) is 9.65. The van der Waals surface area contributed by atoms with Crippen LogP contribution in [0.4, 0.5) is 0 Å². The van der Waals surface area contributed by atoms with Crippen LogP contribution in [0, 0.1) is 0 Å². The molecule has 4 heteroatoms. The number of hydrogen-bond acceptors (Lipinski definition) is 3. The Balaban J connectivity index is 2.10. The van der Waals surface area contributed by atoms with E-state index in [-0.39, 0.29) is 23.9 Å². The van der Waals surface area contributed by atoms with Crippen LogP contribution in [0.5, 0.6) is 0 Å². The van der Waals surface area contributed by atoms with Gasteiger partial charge in [-0.2, -0.15) is 0 Å². The fraction of sp³-hybridized carbons (Fsp3) is 0.462. The second-order valence-electron chi connectivity index (χ2n) is 4.50. The van der Waals surface area contributed by atoms with Crippen LogP contribution in [-0.4, -0.2) is 35.0 Å². The minimum atomic E-state index is -0.393. The van der Waals surface area contributed by atoms with Crippen LogP contribution < -0.4 is 0 Å². The van der Waals surface area contributed by atoms with E-state index in [2.05, 4.69) is 6.58 Å². The lowest BCUT2D eigenvalue weighted by Gasteiger charge is -2.28. The van der Waals surface area contributed by atoms with Gasteiger partial charge < -0.3 is 4.90 Å². The molecule has 17 heavy (non-hydrogen) atoms. The Hall–Kier alpha value is -1.71. The number of rotatable bonds is 2. The van der Waals surface area contributed by atoms with Crippen molar-refractivity contribution in [1.82, 2.24) is 4.90 Å². The topological polar surface area (TPSA) is 54.5 Å². The van der Waals surface area contributed by atoms with E-state index in [1.165, 1.54) is 0 Å². The molecule has 1 saturated carbocycles. The van der Waals surface area contributed by atoms with Gasteiger partial charge in [-0.05, 0) is 12.0 Å². The predicted octanol–water partition coefficient (Wildman–Crippen LogP) is 1.02. The number of carbonyl (C=O) groups is 3. The van der Waals surface area contributed by atoms with Crippen molar-refractivity contribution in [3.8, 4) is 0 Å². The summed E-state index contributed by atoms with van der Waals surface area (Å²) in [4.78, 5) is 36.3. The highest BCUT2D eigenvalue weighted by atomic mass is 16.2. The third-order valence-electron chi connectivity index (χ3n) is 3.24. The number of nitrogens with zero attached hydrogens (tertiary/aromatic N) is 1. The van der Waals surface area contributed by atoms with Crippen molar-refractivity contribution in [2.45, 2.75) is 31.7 Å². The van der Waals surface area contributed by atoms with E-state index in [9.17, 15) is 14.4 Å². The standard InChI is InChI=1S/C13H15NO3/c1-2-3-9-6-13(17)14(8-9)11-5-4-10(15)7-12(11)16/h2-3,11H,1,4-8H2/b9-3+. The van der Waals surface area contributed by atoms with E-state index in [0.717, 1.165) is 5.57 Å². The Labute approximate surface area is 100.0 Å². The maximum Gasteiger partial charge on any atom is 0.227 e. The zero-order valence-electron chi connectivity index (χ0n) is 9.65. The van der Waals surface area contributed by atoms with Crippen molar-refractivity contribution >= 4 is 17.5 Å². The lowest BCUT2D eigenvalue weighted by Crippen LogP contribution is -2.45. The van der Waals surface area contributed by atoms with Gasteiger partial charge in [0.25, 0.3) is 0 Å². The van der Waals surface area contributed by atoms with Crippen LogP contribution in [0.15, 0.2) is 24.3 Å². The highest BCUT2D eigenvalue weighted by Crippen LogP contribution is 2.25. The van der Waals surface area contributed by atoms with Gasteiger partial charge in [-0.25, -0.2) is 0 Å². The fourth-order valence-corrected chi connectivity index (χ4v) is 2.41. The van der Waals surface area contributed by atoms with Gasteiger partial charge in [0, 0.05) is 19.4 Å². The molecule has 0 radical (unpaired) electrons. The Kier molecular flexibility index (Phi) is 3.22. The molecular formula is C13H15NO3. The monoisotopic (exact) mass is 233 g/mol. The molecule has 0 aromatic heterocycles. The molecule has 1 aliphatic carbocycles. The van der Waals surface area contributed by atoms with Crippen LogP contribution in [0.2, 0.25) is 0 Å². The molecule has 0 N–H and O–H groups in total. The van der Waals surface area contributed by atoms with Crippen molar-refractivity contribution in [1.29, 1.82) is 0 Å². The molecule has 1 amide bonds. The number of amides is 1. The summed E-state index contributed by atoms with van der Waals surface area (Å²) in [5.41, 5.74) is 0.981. The molecule has 2 aliphatic rings. The number of likely N-dealkylation sites (tertiary alicyclic amines) is 1. The maximum absolute atomic E-state index is 11.8. The second kappa shape index (κ2) is 4.65. The van der Waals surface area contributed by atoms with E-state index >= 15 is 0 Å². The van der Waals surface area contributed by atoms with Crippen molar-refractivity contribution in [2.24, 2.45) is 0 Å². The van der Waals surface area contributed by atoms with Gasteiger partial charge in [0.2, 0.25) is 5.91 Å². The molecule has 90 valence electrons. The van der Waals surface area contributed by atoms with E-state index in [4.69, 9.17) is 0 Å². The molecule has 0 spiro atoms. The zero-order chi connectivity index (χ0) is 12.4. The van der Waals surface area contributed by atoms with Gasteiger partial charge in [-0.15, -0.1) is 0 Å². The van der Waals surface area contributed by atoms with Gasteiger partial charge in [0.15, 0.2) is 5.78 Å². The molecule has 1 unspecified atom stereocenters. The van der Waals surface area contributed by atoms with Gasteiger partial charge in [-0.3, -0.25) is 14.4 Å². The average Bonchev–Trinajstić information content (AvgIpc) is 2.60. The highest BCUT2D eigenvalue weighted by molar-refractivity contribution is 6.05. The predicted molar refractivity (Wildman–Crippen MR) is 62.3 cm³/mol.